The fraction of sp³-hybridized carbons (Fsp3) is 0.538. The predicted octanol–water partition coefficient (Wildman–Crippen LogP) is 0.172. The lowest BCUT2D eigenvalue weighted by Crippen LogP contribution is -2.43. The number of piperazine rings is 1. The van der Waals surface area contributed by atoms with Crippen LogP contribution in [-0.4, -0.2) is 46.0 Å². The average molecular weight is 283 g/mol. The molecule has 0 atom stereocenters. The fourth-order valence-corrected chi connectivity index (χ4v) is 3.22. The minimum atomic E-state index is -3.61. The summed E-state index contributed by atoms with van der Waals surface area (Å²) in [5.41, 5.74) is 0.820. The molecule has 0 aromatic heterocycles. The first-order valence-electron chi connectivity index (χ1n) is 6.61. The number of primary sulfonamides is 1. The number of rotatable bonds is 5. The van der Waals surface area contributed by atoms with Crippen LogP contribution < -0.4 is 10.5 Å². The predicted molar refractivity (Wildman–Crippen MR) is 75.4 cm³/mol. The molecule has 5 nitrogen and oxygen atoms in total. The number of hydrogen-bond acceptors (Lipinski definition) is 4. The van der Waals surface area contributed by atoms with Crippen molar-refractivity contribution < 1.29 is 8.42 Å². The van der Waals surface area contributed by atoms with Gasteiger partial charge in [0.25, 0.3) is 0 Å². The van der Waals surface area contributed by atoms with Gasteiger partial charge in [-0.05, 0) is 31.0 Å². The van der Waals surface area contributed by atoms with E-state index in [2.05, 4.69) is 10.2 Å². The first-order valence-corrected chi connectivity index (χ1v) is 8.16. The van der Waals surface area contributed by atoms with Crippen LogP contribution in [0.25, 0.3) is 0 Å². The summed E-state index contributed by atoms with van der Waals surface area (Å²) in [5, 5.41) is 8.54. The molecule has 1 aromatic carbocycles. The highest BCUT2D eigenvalue weighted by molar-refractivity contribution is 7.89. The van der Waals surface area contributed by atoms with Crippen LogP contribution in [0.15, 0.2) is 29.2 Å². The number of benzene rings is 1. The molecule has 0 bridgehead atoms. The van der Waals surface area contributed by atoms with E-state index in [1.54, 1.807) is 12.1 Å². The minimum Gasteiger partial charge on any atom is -0.314 e. The van der Waals surface area contributed by atoms with Gasteiger partial charge in [-0.25, -0.2) is 13.6 Å². The molecule has 1 saturated heterocycles. The molecule has 2 rings (SSSR count). The van der Waals surface area contributed by atoms with E-state index in [0.29, 0.717) is 0 Å². The van der Waals surface area contributed by atoms with Crippen molar-refractivity contribution in [2.75, 3.05) is 32.7 Å². The van der Waals surface area contributed by atoms with Crippen LogP contribution in [0.5, 0.6) is 0 Å². The highest BCUT2D eigenvalue weighted by Gasteiger charge is 2.13. The van der Waals surface area contributed by atoms with Gasteiger partial charge in [-0.3, -0.25) is 0 Å². The third kappa shape index (κ3) is 4.28. The topological polar surface area (TPSA) is 75.4 Å². The molecule has 1 aliphatic rings. The number of aryl methyl sites for hydroxylation is 1. The fourth-order valence-electron chi connectivity index (χ4n) is 2.42. The molecule has 0 saturated carbocycles. The molecule has 3 N–H and O–H groups in total. The van der Waals surface area contributed by atoms with Gasteiger partial charge in [-0.2, -0.15) is 0 Å². The van der Waals surface area contributed by atoms with Crippen molar-refractivity contribution in [1.29, 1.82) is 0 Å². The third-order valence-electron chi connectivity index (χ3n) is 3.41. The Morgan fingerprint density at radius 2 is 1.89 bits per heavy atom. The van der Waals surface area contributed by atoms with E-state index in [4.69, 9.17) is 5.14 Å². The SMILES string of the molecule is NS(=O)(=O)c1ccccc1CCCN1CCNCC1. The summed E-state index contributed by atoms with van der Waals surface area (Å²) in [6, 6.07) is 6.99. The Bertz CT molecular complexity index is 510. The van der Waals surface area contributed by atoms with Gasteiger partial charge < -0.3 is 10.2 Å². The molecular weight excluding hydrogens is 262 g/mol. The van der Waals surface area contributed by atoms with Crippen LogP contribution in [-0.2, 0) is 16.4 Å². The van der Waals surface area contributed by atoms with Crippen molar-refractivity contribution in [1.82, 2.24) is 10.2 Å². The molecule has 0 aliphatic carbocycles. The van der Waals surface area contributed by atoms with Crippen LogP contribution in [0.1, 0.15) is 12.0 Å². The van der Waals surface area contributed by atoms with E-state index in [1.165, 1.54) is 0 Å². The van der Waals surface area contributed by atoms with Crippen molar-refractivity contribution in [3.05, 3.63) is 29.8 Å². The Balaban J connectivity index is 1.92. The molecule has 6 heteroatoms. The Hall–Kier alpha value is -0.950. The van der Waals surface area contributed by atoms with E-state index in [9.17, 15) is 8.42 Å². The van der Waals surface area contributed by atoms with Crippen LogP contribution in [0.2, 0.25) is 0 Å². The second kappa shape index (κ2) is 6.47. The summed E-state index contributed by atoms with van der Waals surface area (Å²) >= 11 is 0. The smallest absolute Gasteiger partial charge is 0.238 e. The van der Waals surface area contributed by atoms with Crippen LogP contribution in [0.4, 0.5) is 0 Å². The molecule has 0 radical (unpaired) electrons. The van der Waals surface area contributed by atoms with E-state index in [1.807, 2.05) is 12.1 Å². The zero-order valence-electron chi connectivity index (χ0n) is 11.0. The summed E-state index contributed by atoms with van der Waals surface area (Å²) in [7, 11) is -3.61. The zero-order chi connectivity index (χ0) is 13.7. The Kier molecular flexibility index (Phi) is 4.93. The van der Waals surface area contributed by atoms with Crippen molar-refractivity contribution in [2.24, 2.45) is 5.14 Å². The van der Waals surface area contributed by atoms with Gasteiger partial charge in [0.1, 0.15) is 0 Å². The van der Waals surface area contributed by atoms with Gasteiger partial charge in [0, 0.05) is 26.2 Å². The number of nitrogens with one attached hydrogen (secondary N) is 1. The molecule has 1 heterocycles. The van der Waals surface area contributed by atoms with Gasteiger partial charge >= 0.3 is 0 Å². The van der Waals surface area contributed by atoms with Crippen LogP contribution >= 0.6 is 0 Å². The highest BCUT2D eigenvalue weighted by atomic mass is 32.2. The number of nitrogens with zero attached hydrogens (tertiary/aromatic N) is 1. The quantitative estimate of drug-likeness (QED) is 0.808. The lowest BCUT2D eigenvalue weighted by Gasteiger charge is -2.27. The minimum absolute atomic E-state index is 0.260. The van der Waals surface area contributed by atoms with Gasteiger partial charge in [0.2, 0.25) is 10.0 Å². The maximum atomic E-state index is 11.5. The summed E-state index contributed by atoms with van der Waals surface area (Å²) in [6.07, 6.45) is 1.70. The molecule has 0 spiro atoms. The number of sulfonamides is 1. The molecule has 1 aromatic rings. The first-order chi connectivity index (χ1) is 9.07. The average Bonchev–Trinajstić information content (AvgIpc) is 2.39. The lowest BCUT2D eigenvalue weighted by molar-refractivity contribution is 0.238. The molecular formula is C13H21N3O2S. The van der Waals surface area contributed by atoms with Gasteiger partial charge in [0.15, 0.2) is 0 Å². The second-order valence-corrected chi connectivity index (χ2v) is 6.38. The number of hydrogen-bond donors (Lipinski definition) is 2. The number of nitrogens with two attached hydrogens (primary N) is 1. The van der Waals surface area contributed by atoms with Crippen molar-refractivity contribution in [3.63, 3.8) is 0 Å². The normalized spacial score (nSPS) is 17.5. The molecule has 106 valence electrons. The van der Waals surface area contributed by atoms with E-state index in [0.717, 1.165) is 51.1 Å². The Morgan fingerprint density at radius 1 is 1.21 bits per heavy atom. The molecule has 19 heavy (non-hydrogen) atoms. The molecule has 0 unspecified atom stereocenters. The van der Waals surface area contributed by atoms with E-state index in [-0.39, 0.29) is 4.90 Å². The highest BCUT2D eigenvalue weighted by Crippen LogP contribution is 2.15. The summed E-state index contributed by atoms with van der Waals surface area (Å²) in [5.74, 6) is 0. The van der Waals surface area contributed by atoms with Crippen molar-refractivity contribution in [3.8, 4) is 0 Å². The molecule has 0 amide bonds. The largest absolute Gasteiger partial charge is 0.314 e. The maximum Gasteiger partial charge on any atom is 0.238 e. The summed E-state index contributed by atoms with van der Waals surface area (Å²) in [6.45, 7) is 5.20. The second-order valence-electron chi connectivity index (χ2n) is 4.85. The Labute approximate surface area is 114 Å². The Morgan fingerprint density at radius 3 is 2.58 bits per heavy atom. The van der Waals surface area contributed by atoms with Gasteiger partial charge in [-0.1, -0.05) is 18.2 Å². The van der Waals surface area contributed by atoms with Crippen molar-refractivity contribution in [2.45, 2.75) is 17.7 Å². The maximum absolute atomic E-state index is 11.5. The van der Waals surface area contributed by atoms with Crippen molar-refractivity contribution >= 4 is 10.0 Å². The summed E-state index contributed by atoms with van der Waals surface area (Å²) < 4.78 is 23.0. The lowest BCUT2D eigenvalue weighted by atomic mass is 10.1. The first kappa shape index (κ1) is 14.5. The molecule has 1 aliphatic heterocycles. The standard InChI is InChI=1S/C13H21N3O2S/c14-19(17,18)13-6-2-1-4-12(13)5-3-9-16-10-7-15-8-11-16/h1-2,4,6,15H,3,5,7-11H2,(H2,14,17,18). The van der Waals surface area contributed by atoms with Crippen LogP contribution in [0, 0.1) is 0 Å². The summed E-state index contributed by atoms with van der Waals surface area (Å²) in [4.78, 5) is 2.66. The molecule has 1 fully saturated rings. The third-order valence-corrected chi connectivity index (χ3v) is 4.42. The van der Waals surface area contributed by atoms with E-state index < -0.39 is 10.0 Å². The van der Waals surface area contributed by atoms with Gasteiger partial charge in [-0.15, -0.1) is 0 Å². The van der Waals surface area contributed by atoms with Gasteiger partial charge in [0.05, 0.1) is 4.90 Å². The van der Waals surface area contributed by atoms with Crippen LogP contribution in [0.3, 0.4) is 0 Å². The monoisotopic (exact) mass is 283 g/mol. The zero-order valence-corrected chi connectivity index (χ0v) is 11.8. The van der Waals surface area contributed by atoms with E-state index >= 15 is 0 Å².